The quantitative estimate of drug-likeness (QED) is 0.0378. The van der Waals surface area contributed by atoms with Gasteiger partial charge in [0.05, 0.1) is 78.3 Å². The van der Waals surface area contributed by atoms with E-state index >= 15 is 0 Å². The molecular weight excluding hydrogens is 1130 g/mol. The molecule has 0 unspecified atom stereocenters. The van der Waals surface area contributed by atoms with Crippen LogP contribution in [0.1, 0.15) is 45.2 Å². The van der Waals surface area contributed by atoms with Crippen molar-refractivity contribution < 1.29 is 49.0 Å². The molecule has 2 amide bonds. The summed E-state index contributed by atoms with van der Waals surface area (Å²) in [5, 5.41) is 66.0. The van der Waals surface area contributed by atoms with Crippen LogP contribution in [0, 0.1) is 0 Å². The van der Waals surface area contributed by atoms with Gasteiger partial charge in [0.15, 0.2) is 12.2 Å². The van der Waals surface area contributed by atoms with Crippen LogP contribution in [0.15, 0.2) is 85.2 Å². The Hall–Kier alpha value is -4.85. The summed E-state index contributed by atoms with van der Waals surface area (Å²) in [6.45, 7) is 5.69. The van der Waals surface area contributed by atoms with Gasteiger partial charge >= 0.3 is 0 Å². The summed E-state index contributed by atoms with van der Waals surface area (Å²) < 4.78 is 25.7. The lowest BCUT2D eigenvalue weighted by atomic mass is 9.84. The van der Waals surface area contributed by atoms with E-state index in [-0.39, 0.29) is 77.0 Å². The number of halogens is 5. The van der Waals surface area contributed by atoms with E-state index in [9.17, 15) is 30.0 Å². The Morgan fingerprint density at radius 1 is 0.582 bits per heavy atom. The molecule has 25 heteroatoms. The standard InChI is InChI=1S/C54H64Cl4N10O10.ClH/c1-65-27-41(39-23-37(55)25-45(57)43(39)29-65)33-5-3-7-35(21-33)47-31-67(63-61-47)11-15-77-19-17-75-13-9-59-53(73)51(71)49(69)50(70)52(72)54(74)60-10-14-76-18-20-78-16-12-68-32-48(62-64-68)36-8-4-6-34(22-36)42-28-66(2)30-44-40(42)24-38(56)26-46(44)58;/h3-8,21-26,31-32,41-42,49-52,69-72H,9-20,27-30H2,1-2H3,(H,59,73)(H,60,74);1H/t41-,42-,49-,50+,51+,52-;/m0./s1. The minimum absolute atomic E-state index is 0. The number of aliphatic hydroxyl groups is 4. The monoisotopic (exact) mass is 1190 g/mol. The van der Waals surface area contributed by atoms with Crippen molar-refractivity contribution in [1.82, 2.24) is 50.4 Å². The molecule has 0 radical (unpaired) electrons. The third-order valence-corrected chi connectivity index (χ3v) is 14.6. The van der Waals surface area contributed by atoms with Crippen LogP contribution in [0.25, 0.3) is 22.5 Å². The second kappa shape index (κ2) is 29.7. The molecule has 79 heavy (non-hydrogen) atoms. The predicted octanol–water partition coefficient (Wildman–Crippen LogP) is 4.84. The van der Waals surface area contributed by atoms with Crippen LogP contribution in [-0.2, 0) is 54.7 Å². The minimum Gasteiger partial charge on any atom is -0.387 e. The van der Waals surface area contributed by atoms with E-state index in [1.54, 1.807) is 21.5 Å². The number of hydrogen-bond acceptors (Lipinski definition) is 16. The van der Waals surface area contributed by atoms with Gasteiger partial charge in [-0.05, 0) is 83.9 Å². The van der Waals surface area contributed by atoms with Crippen molar-refractivity contribution >= 4 is 70.6 Å². The molecular formula is C54H65Cl5N10O10. The van der Waals surface area contributed by atoms with Crippen LogP contribution < -0.4 is 10.6 Å². The fourth-order valence-electron chi connectivity index (χ4n) is 9.52. The lowest BCUT2D eigenvalue weighted by Crippen LogP contribution is -2.54. The lowest BCUT2D eigenvalue weighted by molar-refractivity contribution is -0.155. The molecule has 6 N–H and O–H groups in total. The average Bonchev–Trinajstić information content (AvgIpc) is 4.16. The van der Waals surface area contributed by atoms with Gasteiger partial charge in [-0.15, -0.1) is 22.6 Å². The average molecular weight is 1190 g/mol. The Morgan fingerprint density at radius 2 is 0.975 bits per heavy atom. The molecule has 2 aliphatic heterocycles. The Morgan fingerprint density at radius 3 is 1.38 bits per heavy atom. The molecule has 6 atom stereocenters. The summed E-state index contributed by atoms with van der Waals surface area (Å²) in [5.74, 6) is -1.89. The highest BCUT2D eigenvalue weighted by molar-refractivity contribution is 6.35. The molecule has 0 bridgehead atoms. The fourth-order valence-corrected chi connectivity index (χ4v) is 10.7. The maximum Gasteiger partial charge on any atom is 0.251 e. The maximum atomic E-state index is 12.5. The molecule has 4 aromatic carbocycles. The van der Waals surface area contributed by atoms with E-state index in [1.165, 1.54) is 0 Å². The Balaban J connectivity index is 0.00000903. The number of aliphatic hydroxyl groups excluding tert-OH is 4. The van der Waals surface area contributed by atoms with Crippen molar-refractivity contribution in [3.63, 3.8) is 0 Å². The van der Waals surface area contributed by atoms with Crippen molar-refractivity contribution in [3.8, 4) is 22.5 Å². The second-order valence-electron chi connectivity index (χ2n) is 19.3. The Kier molecular flexibility index (Phi) is 23.3. The SMILES string of the molecule is CN1Cc2c(Cl)cc(Cl)cc2[C@H](c2cccc(-c3cn(CCOCCOCCNC(=O)[C@@H](O)[C@H](O)[C@H](O)[C@@H](O)C(=O)NCCOCCOCCn4cc(-c5cccc([C@@H]6CN(C)Cc7c(Cl)cc(Cl)cc76)c5)nn4)nn3)c2)C1.Cl. The molecule has 8 rings (SSSR count). The molecule has 0 saturated carbocycles. The Labute approximate surface area is 484 Å². The van der Waals surface area contributed by atoms with Crippen molar-refractivity contribution in [1.29, 1.82) is 0 Å². The van der Waals surface area contributed by atoms with Crippen LogP contribution in [0.2, 0.25) is 20.1 Å². The topological polar surface area (TPSA) is 244 Å². The summed E-state index contributed by atoms with van der Waals surface area (Å²) in [4.78, 5) is 29.4. The number of rotatable bonds is 27. The first kappa shape index (κ1) is 61.8. The van der Waals surface area contributed by atoms with Crippen molar-refractivity contribution in [2.75, 3.05) is 93.1 Å². The number of nitrogens with zero attached hydrogens (tertiary/aromatic N) is 8. The van der Waals surface area contributed by atoms with Gasteiger partial charge in [-0.3, -0.25) is 9.59 Å². The smallest absolute Gasteiger partial charge is 0.251 e. The molecule has 0 spiro atoms. The van der Waals surface area contributed by atoms with E-state index in [1.807, 2.05) is 48.8 Å². The number of ether oxygens (including phenoxy) is 4. The molecule has 0 saturated heterocycles. The van der Waals surface area contributed by atoms with Gasteiger partial charge in [-0.25, -0.2) is 9.36 Å². The van der Waals surface area contributed by atoms with E-state index in [4.69, 9.17) is 65.4 Å². The Bertz CT molecular complexity index is 2780. The first-order chi connectivity index (χ1) is 37.6. The number of benzene rings is 4. The normalized spacial score (nSPS) is 17.0. The van der Waals surface area contributed by atoms with Gasteiger partial charge in [0.2, 0.25) is 0 Å². The molecule has 6 aromatic rings. The highest BCUT2D eigenvalue weighted by Gasteiger charge is 2.37. The maximum absolute atomic E-state index is 12.5. The zero-order chi connectivity index (χ0) is 55.3. The molecule has 2 aliphatic rings. The van der Waals surface area contributed by atoms with Crippen LogP contribution in [0.4, 0.5) is 0 Å². The first-order valence-corrected chi connectivity index (χ1v) is 27.1. The molecule has 4 heterocycles. The molecule has 426 valence electrons. The van der Waals surface area contributed by atoms with Gasteiger partial charge in [0, 0.05) is 82.3 Å². The summed E-state index contributed by atoms with van der Waals surface area (Å²) in [5.41, 5.74) is 9.98. The summed E-state index contributed by atoms with van der Waals surface area (Å²) in [7, 11) is 4.15. The lowest BCUT2D eigenvalue weighted by Gasteiger charge is -2.33. The minimum atomic E-state index is -2.18. The largest absolute Gasteiger partial charge is 0.387 e. The number of carbonyl (C=O) groups excluding carboxylic acids is 2. The van der Waals surface area contributed by atoms with E-state index in [0.717, 1.165) is 82.1 Å². The van der Waals surface area contributed by atoms with Gasteiger partial charge in [0.25, 0.3) is 11.8 Å². The van der Waals surface area contributed by atoms with E-state index in [2.05, 4.69) is 79.4 Å². The first-order valence-electron chi connectivity index (χ1n) is 25.6. The van der Waals surface area contributed by atoms with Crippen LogP contribution in [0.3, 0.4) is 0 Å². The van der Waals surface area contributed by atoms with Crippen LogP contribution in [-0.4, -0.2) is 190 Å². The molecule has 0 fully saturated rings. The number of likely N-dealkylation sites (N-methyl/N-ethyl adjacent to an activating group) is 2. The number of nitrogens with one attached hydrogen (secondary N) is 2. The zero-order valence-corrected chi connectivity index (χ0v) is 47.4. The highest BCUT2D eigenvalue weighted by atomic mass is 35.5. The highest BCUT2D eigenvalue weighted by Crippen LogP contribution is 2.41. The summed E-state index contributed by atoms with van der Waals surface area (Å²) in [6, 6.07) is 24.0. The molecule has 20 nitrogen and oxygen atoms in total. The number of hydrogen-bond donors (Lipinski definition) is 6. The van der Waals surface area contributed by atoms with Gasteiger partial charge < -0.3 is 59.8 Å². The third-order valence-electron chi connectivity index (χ3n) is 13.5. The van der Waals surface area contributed by atoms with Crippen molar-refractivity contribution in [2.45, 2.75) is 62.4 Å². The summed E-state index contributed by atoms with van der Waals surface area (Å²) >= 11 is 26.0. The van der Waals surface area contributed by atoms with Crippen LogP contribution >= 0.6 is 58.8 Å². The predicted molar refractivity (Wildman–Crippen MR) is 301 cm³/mol. The number of fused-ring (bicyclic) bond motifs is 2. The zero-order valence-electron chi connectivity index (χ0n) is 43.6. The van der Waals surface area contributed by atoms with Crippen molar-refractivity contribution in [2.24, 2.45) is 0 Å². The number of carbonyl (C=O) groups is 2. The number of aromatic nitrogens is 6. The van der Waals surface area contributed by atoms with E-state index in [0.29, 0.717) is 46.4 Å². The van der Waals surface area contributed by atoms with Gasteiger partial charge in [0.1, 0.15) is 23.6 Å². The van der Waals surface area contributed by atoms with Gasteiger partial charge in [-0.1, -0.05) is 93.2 Å². The molecule has 2 aromatic heterocycles. The van der Waals surface area contributed by atoms with E-state index < -0.39 is 36.2 Å². The number of amides is 2. The summed E-state index contributed by atoms with van der Waals surface area (Å²) in [6.07, 6.45) is -4.93. The van der Waals surface area contributed by atoms with Gasteiger partial charge in [-0.2, -0.15) is 0 Å². The van der Waals surface area contributed by atoms with Crippen molar-refractivity contribution in [3.05, 3.63) is 139 Å². The molecule has 0 aliphatic carbocycles. The third kappa shape index (κ3) is 16.6. The second-order valence-corrected chi connectivity index (χ2v) is 21.0. The fraction of sp³-hybridized carbons (Fsp3) is 0.444. The van der Waals surface area contributed by atoms with Crippen LogP contribution in [0.5, 0.6) is 0 Å².